The summed E-state index contributed by atoms with van der Waals surface area (Å²) < 4.78 is 5.53. The normalized spacial score (nSPS) is 17.1. The van der Waals surface area contributed by atoms with E-state index in [0.717, 1.165) is 34.9 Å². The number of amides is 1. The molecule has 156 valence electrons. The lowest BCUT2D eigenvalue weighted by Crippen LogP contribution is -2.47. The average Bonchev–Trinajstić information content (AvgIpc) is 2.64. The van der Waals surface area contributed by atoms with Crippen LogP contribution in [-0.4, -0.2) is 35.7 Å². The summed E-state index contributed by atoms with van der Waals surface area (Å²) in [5.41, 5.74) is 0.540. The van der Waals surface area contributed by atoms with Crippen LogP contribution in [0.15, 0.2) is 52.3 Å². The highest BCUT2D eigenvalue weighted by Crippen LogP contribution is 2.38. The smallest absolute Gasteiger partial charge is 0.410 e. The van der Waals surface area contributed by atoms with Gasteiger partial charge in [0.05, 0.1) is 5.02 Å². The lowest BCUT2D eigenvalue weighted by atomic mass is 10.1. The van der Waals surface area contributed by atoms with E-state index < -0.39 is 5.60 Å². The van der Waals surface area contributed by atoms with Gasteiger partial charge < -0.3 is 15.0 Å². The number of rotatable bonds is 4. The van der Waals surface area contributed by atoms with Crippen molar-refractivity contribution in [3.63, 3.8) is 0 Å². The number of nitrogens with zero attached hydrogens (tertiary/aromatic N) is 1. The topological polar surface area (TPSA) is 41.6 Å². The van der Waals surface area contributed by atoms with Crippen molar-refractivity contribution in [1.82, 2.24) is 4.90 Å². The summed E-state index contributed by atoms with van der Waals surface area (Å²) in [4.78, 5) is 16.2. The summed E-state index contributed by atoms with van der Waals surface area (Å²) in [5.74, 6) is 0. The van der Waals surface area contributed by atoms with E-state index in [-0.39, 0.29) is 12.1 Å². The summed E-state index contributed by atoms with van der Waals surface area (Å²) in [6.07, 6.45) is 1.69. The number of piperidine rings is 1. The third-order valence-electron chi connectivity index (χ3n) is 4.43. The van der Waals surface area contributed by atoms with Gasteiger partial charge in [0.2, 0.25) is 0 Å². The Morgan fingerprint density at radius 1 is 1.17 bits per heavy atom. The molecular weight excluding hydrogens is 427 g/mol. The number of hydrogen-bond donors (Lipinski definition) is 1. The predicted octanol–water partition coefficient (Wildman–Crippen LogP) is 6.96. The molecule has 0 radical (unpaired) electrons. The Hall–Kier alpha value is -1.56. The van der Waals surface area contributed by atoms with Gasteiger partial charge in [-0.25, -0.2) is 4.79 Å². The van der Waals surface area contributed by atoms with Crippen LogP contribution in [0.3, 0.4) is 0 Å². The van der Waals surface area contributed by atoms with E-state index in [2.05, 4.69) is 17.4 Å². The summed E-state index contributed by atoms with van der Waals surface area (Å²) in [6, 6.07) is 13.8. The number of hydrogen-bond acceptors (Lipinski definition) is 4. The zero-order valence-electron chi connectivity index (χ0n) is 16.9. The SMILES string of the molecule is CC(C)(C)OC(=O)N1CCCC(Nc2ccccc2Sc2ccc(Cl)cc2Cl)C1. The Balaban J connectivity index is 1.69. The number of anilines is 1. The molecule has 1 unspecified atom stereocenters. The first-order chi connectivity index (χ1) is 13.7. The number of halogens is 2. The van der Waals surface area contributed by atoms with Gasteiger partial charge in [-0.3, -0.25) is 0 Å². The van der Waals surface area contributed by atoms with E-state index in [1.165, 1.54) is 0 Å². The highest BCUT2D eigenvalue weighted by molar-refractivity contribution is 7.99. The Bertz CT molecular complexity index is 870. The summed E-state index contributed by atoms with van der Waals surface area (Å²) in [5, 5.41) is 4.86. The van der Waals surface area contributed by atoms with Crippen molar-refractivity contribution < 1.29 is 9.53 Å². The van der Waals surface area contributed by atoms with Crippen LogP contribution in [0.1, 0.15) is 33.6 Å². The zero-order valence-corrected chi connectivity index (χ0v) is 19.2. The monoisotopic (exact) mass is 452 g/mol. The predicted molar refractivity (Wildman–Crippen MR) is 121 cm³/mol. The standard InChI is InChI=1S/C22H26Cl2N2O2S/c1-22(2,3)28-21(27)26-12-6-7-16(14-26)25-18-8-4-5-9-20(18)29-19-11-10-15(23)13-17(19)24/h4-5,8-11,13,16,25H,6-7,12,14H2,1-3H3. The van der Waals surface area contributed by atoms with Crippen molar-refractivity contribution in [1.29, 1.82) is 0 Å². The molecule has 0 spiro atoms. The highest BCUT2D eigenvalue weighted by atomic mass is 35.5. The first-order valence-electron chi connectivity index (χ1n) is 9.68. The second-order valence-electron chi connectivity index (χ2n) is 8.08. The van der Waals surface area contributed by atoms with E-state index >= 15 is 0 Å². The Morgan fingerprint density at radius 3 is 2.66 bits per heavy atom. The molecule has 0 aliphatic carbocycles. The molecule has 1 atom stereocenters. The number of carbonyl (C=O) groups excluding carboxylic acids is 1. The van der Waals surface area contributed by atoms with Crippen LogP contribution in [-0.2, 0) is 4.74 Å². The van der Waals surface area contributed by atoms with Gasteiger partial charge in [0.15, 0.2) is 0 Å². The maximum Gasteiger partial charge on any atom is 0.410 e. The van der Waals surface area contributed by atoms with E-state index in [9.17, 15) is 4.79 Å². The van der Waals surface area contributed by atoms with Crippen LogP contribution in [0, 0.1) is 0 Å². The van der Waals surface area contributed by atoms with Gasteiger partial charge in [-0.1, -0.05) is 47.1 Å². The van der Waals surface area contributed by atoms with Crippen molar-refractivity contribution in [2.75, 3.05) is 18.4 Å². The maximum atomic E-state index is 12.4. The van der Waals surface area contributed by atoms with Crippen LogP contribution < -0.4 is 5.32 Å². The maximum absolute atomic E-state index is 12.4. The first kappa shape index (κ1) is 22.1. The summed E-state index contributed by atoms with van der Waals surface area (Å²) >= 11 is 14.0. The number of carbonyl (C=O) groups is 1. The minimum Gasteiger partial charge on any atom is -0.444 e. The van der Waals surface area contributed by atoms with E-state index in [0.29, 0.717) is 16.6 Å². The molecule has 1 N–H and O–H groups in total. The fraction of sp³-hybridized carbons (Fsp3) is 0.409. The van der Waals surface area contributed by atoms with Crippen LogP contribution in [0.2, 0.25) is 10.0 Å². The zero-order chi connectivity index (χ0) is 21.0. The van der Waals surface area contributed by atoms with Gasteiger partial charge in [0.25, 0.3) is 0 Å². The Morgan fingerprint density at radius 2 is 1.93 bits per heavy atom. The van der Waals surface area contributed by atoms with Crippen molar-refractivity contribution >= 4 is 46.7 Å². The first-order valence-corrected chi connectivity index (χ1v) is 11.2. The molecule has 1 amide bonds. The number of ether oxygens (including phenoxy) is 1. The molecule has 0 saturated carbocycles. The van der Waals surface area contributed by atoms with Crippen LogP contribution in [0.5, 0.6) is 0 Å². The molecule has 1 saturated heterocycles. The van der Waals surface area contributed by atoms with Gasteiger partial charge in [0, 0.05) is 39.6 Å². The molecule has 7 heteroatoms. The van der Waals surface area contributed by atoms with Crippen molar-refractivity contribution in [3.8, 4) is 0 Å². The molecular formula is C22H26Cl2N2O2S. The molecule has 4 nitrogen and oxygen atoms in total. The minimum absolute atomic E-state index is 0.165. The van der Waals surface area contributed by atoms with E-state index in [1.54, 1.807) is 22.7 Å². The Kier molecular flexibility index (Phi) is 7.25. The second-order valence-corrected chi connectivity index (χ2v) is 10.0. The Labute approximate surface area is 186 Å². The lowest BCUT2D eigenvalue weighted by Gasteiger charge is -2.35. The van der Waals surface area contributed by atoms with Crippen LogP contribution in [0.25, 0.3) is 0 Å². The number of nitrogens with one attached hydrogen (secondary N) is 1. The third-order valence-corrected chi connectivity index (χ3v) is 6.25. The number of para-hydroxylation sites is 1. The number of benzene rings is 2. The summed E-state index contributed by atoms with van der Waals surface area (Å²) in [6.45, 7) is 7.01. The largest absolute Gasteiger partial charge is 0.444 e. The third kappa shape index (κ3) is 6.46. The summed E-state index contributed by atoms with van der Waals surface area (Å²) in [7, 11) is 0. The van der Waals surface area contributed by atoms with Crippen molar-refractivity contribution in [2.24, 2.45) is 0 Å². The molecule has 1 aliphatic rings. The molecule has 29 heavy (non-hydrogen) atoms. The van der Waals surface area contributed by atoms with Gasteiger partial charge in [-0.2, -0.15) is 0 Å². The molecule has 3 rings (SSSR count). The van der Waals surface area contributed by atoms with E-state index in [1.807, 2.05) is 45.0 Å². The molecule has 0 aromatic heterocycles. The molecule has 1 fully saturated rings. The fourth-order valence-corrected chi connectivity index (χ4v) is 4.60. The molecule has 1 heterocycles. The quantitative estimate of drug-likeness (QED) is 0.544. The van der Waals surface area contributed by atoms with Gasteiger partial charge in [-0.15, -0.1) is 0 Å². The second kappa shape index (κ2) is 9.50. The van der Waals surface area contributed by atoms with E-state index in [4.69, 9.17) is 27.9 Å². The molecule has 2 aromatic carbocycles. The van der Waals surface area contributed by atoms with Gasteiger partial charge >= 0.3 is 6.09 Å². The minimum atomic E-state index is -0.488. The van der Waals surface area contributed by atoms with Crippen LogP contribution >= 0.6 is 35.0 Å². The number of likely N-dealkylation sites (tertiary alicyclic amines) is 1. The molecule has 0 bridgehead atoms. The lowest BCUT2D eigenvalue weighted by molar-refractivity contribution is 0.0206. The van der Waals surface area contributed by atoms with Gasteiger partial charge in [-0.05, 0) is 63.9 Å². The average molecular weight is 453 g/mol. The molecule has 1 aliphatic heterocycles. The van der Waals surface area contributed by atoms with Crippen molar-refractivity contribution in [2.45, 2.75) is 55.0 Å². The van der Waals surface area contributed by atoms with Gasteiger partial charge in [0.1, 0.15) is 5.60 Å². The highest BCUT2D eigenvalue weighted by Gasteiger charge is 2.27. The van der Waals surface area contributed by atoms with Crippen molar-refractivity contribution in [3.05, 3.63) is 52.5 Å². The van der Waals surface area contributed by atoms with Crippen LogP contribution in [0.4, 0.5) is 10.5 Å². The fourth-order valence-electron chi connectivity index (χ4n) is 3.16. The molecule has 2 aromatic rings.